The normalized spacial score (nSPS) is 11.1. The van der Waals surface area contributed by atoms with E-state index in [1.54, 1.807) is 0 Å². The molecule has 0 fully saturated rings. The van der Waals surface area contributed by atoms with Gasteiger partial charge in [0.15, 0.2) is 0 Å². The molecule has 1 heterocycles. The average Bonchev–Trinajstić information content (AvgIpc) is 2.65. The number of rotatable bonds is 9. The summed E-state index contributed by atoms with van der Waals surface area (Å²) in [5, 5.41) is 9.78. The van der Waals surface area contributed by atoms with Gasteiger partial charge in [0.05, 0.1) is 16.4 Å². The minimum atomic E-state index is 0.809. The van der Waals surface area contributed by atoms with Crippen molar-refractivity contribution in [2.24, 2.45) is 0 Å². The number of alkyl halides is 1. The standard InChI is InChI=1S/C13H23BrClN3/c1-3-18-12(13(15)11(2)17-18)10-16-9-7-5-4-6-8-14/h16H,3-10H2,1-2H3. The highest BCUT2D eigenvalue weighted by atomic mass is 79.9. The fraction of sp³-hybridized carbons (Fsp3) is 0.769. The summed E-state index contributed by atoms with van der Waals surface area (Å²) in [7, 11) is 0. The quantitative estimate of drug-likeness (QED) is 0.547. The van der Waals surface area contributed by atoms with E-state index in [-0.39, 0.29) is 0 Å². The van der Waals surface area contributed by atoms with Gasteiger partial charge in [-0.2, -0.15) is 5.10 Å². The van der Waals surface area contributed by atoms with Gasteiger partial charge in [0, 0.05) is 18.4 Å². The molecule has 0 saturated heterocycles. The van der Waals surface area contributed by atoms with Crippen LogP contribution in [0, 0.1) is 6.92 Å². The molecule has 0 aliphatic carbocycles. The second kappa shape index (κ2) is 8.94. The highest BCUT2D eigenvalue weighted by molar-refractivity contribution is 9.09. The summed E-state index contributed by atoms with van der Waals surface area (Å²) in [6.07, 6.45) is 5.09. The summed E-state index contributed by atoms with van der Waals surface area (Å²) >= 11 is 9.69. The first-order valence-electron chi connectivity index (χ1n) is 6.69. The van der Waals surface area contributed by atoms with Crippen molar-refractivity contribution in [1.82, 2.24) is 15.1 Å². The molecule has 0 bridgehead atoms. The highest BCUT2D eigenvalue weighted by Crippen LogP contribution is 2.19. The van der Waals surface area contributed by atoms with Gasteiger partial charge in [0.2, 0.25) is 0 Å². The molecule has 18 heavy (non-hydrogen) atoms. The Hall–Kier alpha value is -0.0600. The van der Waals surface area contributed by atoms with E-state index in [2.05, 4.69) is 33.3 Å². The van der Waals surface area contributed by atoms with Crippen LogP contribution in [-0.2, 0) is 13.1 Å². The Bertz CT molecular complexity index is 352. The predicted molar refractivity (Wildman–Crippen MR) is 81.6 cm³/mol. The van der Waals surface area contributed by atoms with Crippen molar-refractivity contribution >= 4 is 27.5 Å². The van der Waals surface area contributed by atoms with E-state index in [1.807, 2.05) is 11.6 Å². The Kier molecular flexibility index (Phi) is 7.95. The maximum absolute atomic E-state index is 6.25. The third-order valence-electron chi connectivity index (χ3n) is 2.98. The van der Waals surface area contributed by atoms with Gasteiger partial charge in [0.25, 0.3) is 0 Å². The minimum Gasteiger partial charge on any atom is -0.311 e. The molecule has 1 N–H and O–H groups in total. The molecule has 3 nitrogen and oxygen atoms in total. The molecule has 0 radical (unpaired) electrons. The van der Waals surface area contributed by atoms with Crippen molar-refractivity contribution in [3.63, 3.8) is 0 Å². The molecule has 1 aromatic rings. The molecule has 5 heteroatoms. The monoisotopic (exact) mass is 335 g/mol. The number of aromatic nitrogens is 2. The van der Waals surface area contributed by atoms with E-state index < -0.39 is 0 Å². The van der Waals surface area contributed by atoms with Gasteiger partial charge in [-0.15, -0.1) is 0 Å². The first kappa shape index (κ1) is 16.0. The Labute approximate surface area is 123 Å². The Morgan fingerprint density at radius 3 is 2.67 bits per heavy atom. The zero-order valence-corrected chi connectivity index (χ0v) is 13.6. The van der Waals surface area contributed by atoms with Crippen molar-refractivity contribution in [2.45, 2.75) is 52.6 Å². The van der Waals surface area contributed by atoms with Crippen LogP contribution < -0.4 is 5.32 Å². The minimum absolute atomic E-state index is 0.809. The van der Waals surface area contributed by atoms with Gasteiger partial charge in [0.1, 0.15) is 0 Å². The fourth-order valence-electron chi connectivity index (χ4n) is 1.94. The number of halogens is 2. The van der Waals surface area contributed by atoms with Gasteiger partial charge in [-0.3, -0.25) is 4.68 Å². The van der Waals surface area contributed by atoms with Crippen LogP contribution in [0.4, 0.5) is 0 Å². The first-order valence-corrected chi connectivity index (χ1v) is 8.19. The van der Waals surface area contributed by atoms with Gasteiger partial charge in [-0.25, -0.2) is 0 Å². The number of nitrogens with one attached hydrogen (secondary N) is 1. The fourth-order valence-corrected chi connectivity index (χ4v) is 2.54. The number of hydrogen-bond donors (Lipinski definition) is 1. The van der Waals surface area contributed by atoms with Gasteiger partial charge in [-0.05, 0) is 33.2 Å². The molecule has 0 saturated carbocycles. The van der Waals surface area contributed by atoms with Crippen LogP contribution in [0.15, 0.2) is 0 Å². The number of unbranched alkanes of at least 4 members (excludes halogenated alkanes) is 3. The molecule has 0 amide bonds. The largest absolute Gasteiger partial charge is 0.311 e. The molecular weight excluding hydrogens is 314 g/mol. The molecular formula is C13H23BrClN3. The van der Waals surface area contributed by atoms with Crippen LogP contribution in [0.1, 0.15) is 44.0 Å². The summed E-state index contributed by atoms with van der Waals surface area (Å²) in [6.45, 7) is 6.78. The topological polar surface area (TPSA) is 29.9 Å². The predicted octanol–water partition coefficient (Wildman–Crippen LogP) is 3.91. The van der Waals surface area contributed by atoms with Crippen molar-refractivity contribution < 1.29 is 0 Å². The summed E-state index contributed by atoms with van der Waals surface area (Å²) in [5.41, 5.74) is 2.03. The maximum atomic E-state index is 6.25. The zero-order chi connectivity index (χ0) is 13.4. The van der Waals surface area contributed by atoms with E-state index in [0.29, 0.717) is 0 Å². The van der Waals surface area contributed by atoms with Crippen LogP contribution in [0.5, 0.6) is 0 Å². The van der Waals surface area contributed by atoms with E-state index in [4.69, 9.17) is 11.6 Å². The smallest absolute Gasteiger partial charge is 0.0860 e. The Morgan fingerprint density at radius 2 is 2.00 bits per heavy atom. The van der Waals surface area contributed by atoms with E-state index in [1.165, 1.54) is 25.7 Å². The van der Waals surface area contributed by atoms with E-state index >= 15 is 0 Å². The molecule has 0 aromatic carbocycles. The van der Waals surface area contributed by atoms with Crippen LogP contribution in [0.3, 0.4) is 0 Å². The van der Waals surface area contributed by atoms with E-state index in [0.717, 1.165) is 41.4 Å². The Morgan fingerprint density at radius 1 is 1.28 bits per heavy atom. The van der Waals surface area contributed by atoms with Crippen LogP contribution in [0.2, 0.25) is 5.02 Å². The summed E-state index contributed by atoms with van der Waals surface area (Å²) in [5.74, 6) is 0. The molecule has 0 unspecified atom stereocenters. The van der Waals surface area contributed by atoms with Gasteiger partial charge < -0.3 is 5.32 Å². The lowest BCUT2D eigenvalue weighted by molar-refractivity contribution is 0.557. The Balaban J connectivity index is 2.26. The molecule has 1 rings (SSSR count). The van der Waals surface area contributed by atoms with Crippen LogP contribution >= 0.6 is 27.5 Å². The van der Waals surface area contributed by atoms with Crippen molar-refractivity contribution in [3.8, 4) is 0 Å². The van der Waals surface area contributed by atoms with Gasteiger partial charge in [-0.1, -0.05) is 40.4 Å². The summed E-state index contributed by atoms with van der Waals surface area (Å²) < 4.78 is 1.98. The maximum Gasteiger partial charge on any atom is 0.0860 e. The number of nitrogens with zero attached hydrogens (tertiary/aromatic N) is 2. The van der Waals surface area contributed by atoms with Crippen molar-refractivity contribution in [1.29, 1.82) is 0 Å². The lowest BCUT2D eigenvalue weighted by Gasteiger charge is -2.07. The summed E-state index contributed by atoms with van der Waals surface area (Å²) in [4.78, 5) is 0. The zero-order valence-electron chi connectivity index (χ0n) is 11.3. The molecule has 0 spiro atoms. The first-order chi connectivity index (χ1) is 8.70. The number of hydrogen-bond acceptors (Lipinski definition) is 2. The van der Waals surface area contributed by atoms with Crippen molar-refractivity contribution in [3.05, 3.63) is 16.4 Å². The van der Waals surface area contributed by atoms with Crippen LogP contribution in [0.25, 0.3) is 0 Å². The SMILES string of the molecule is CCn1nc(C)c(Cl)c1CNCCCCCCBr. The van der Waals surface area contributed by atoms with E-state index in [9.17, 15) is 0 Å². The second-order valence-corrected chi connectivity index (χ2v) is 5.61. The van der Waals surface area contributed by atoms with Gasteiger partial charge >= 0.3 is 0 Å². The molecule has 1 aromatic heterocycles. The lowest BCUT2D eigenvalue weighted by atomic mass is 10.2. The average molecular weight is 337 g/mol. The second-order valence-electron chi connectivity index (χ2n) is 4.44. The van der Waals surface area contributed by atoms with Crippen molar-refractivity contribution in [2.75, 3.05) is 11.9 Å². The molecule has 0 atom stereocenters. The summed E-state index contributed by atoms with van der Waals surface area (Å²) in [6, 6.07) is 0. The lowest BCUT2D eigenvalue weighted by Crippen LogP contribution is -2.18. The molecule has 0 aliphatic rings. The third-order valence-corrected chi connectivity index (χ3v) is 4.03. The third kappa shape index (κ3) is 4.90. The molecule has 0 aliphatic heterocycles. The highest BCUT2D eigenvalue weighted by Gasteiger charge is 2.11. The van der Waals surface area contributed by atoms with Crippen LogP contribution in [-0.4, -0.2) is 21.7 Å². The number of aryl methyl sites for hydroxylation is 2. The molecule has 104 valence electrons.